The molecule has 2 heterocycles. The molecule has 0 unspecified atom stereocenters. The number of benzene rings is 1. The molecule has 0 bridgehead atoms. The highest BCUT2D eigenvalue weighted by atomic mass is 32.2. The predicted molar refractivity (Wildman–Crippen MR) is 84.3 cm³/mol. The Balaban J connectivity index is 1.72. The molecular formula is C15H18N4OS. The van der Waals surface area contributed by atoms with Crippen molar-refractivity contribution in [2.24, 2.45) is 7.05 Å². The number of aliphatic hydroxyl groups is 1. The first-order valence-corrected chi connectivity index (χ1v) is 7.85. The van der Waals surface area contributed by atoms with Gasteiger partial charge in [-0.1, -0.05) is 23.9 Å². The summed E-state index contributed by atoms with van der Waals surface area (Å²) in [6.07, 6.45) is 1.72. The molecule has 21 heavy (non-hydrogen) atoms. The number of thioether (sulfide) groups is 1. The molecular weight excluding hydrogens is 284 g/mol. The average molecular weight is 302 g/mol. The molecule has 0 aliphatic carbocycles. The minimum absolute atomic E-state index is 0.0231. The summed E-state index contributed by atoms with van der Waals surface area (Å²) in [4.78, 5) is 8.90. The molecule has 5 nitrogen and oxygen atoms in total. The van der Waals surface area contributed by atoms with Crippen LogP contribution in [-0.4, -0.2) is 30.0 Å². The van der Waals surface area contributed by atoms with E-state index >= 15 is 0 Å². The normalized spacial score (nSPS) is 11.4. The van der Waals surface area contributed by atoms with E-state index in [1.54, 1.807) is 18.0 Å². The van der Waals surface area contributed by atoms with E-state index in [1.165, 1.54) is 5.52 Å². The largest absolute Gasteiger partial charge is 0.390 e. The molecule has 0 saturated heterocycles. The monoisotopic (exact) mass is 302 g/mol. The molecule has 1 aromatic carbocycles. The van der Waals surface area contributed by atoms with Gasteiger partial charge in [0.15, 0.2) is 5.16 Å². The lowest BCUT2D eigenvalue weighted by molar-refractivity contribution is 0.271. The van der Waals surface area contributed by atoms with Crippen LogP contribution >= 0.6 is 11.8 Å². The van der Waals surface area contributed by atoms with E-state index in [-0.39, 0.29) is 6.61 Å². The molecule has 3 rings (SSSR count). The third-order valence-corrected chi connectivity index (χ3v) is 4.62. The summed E-state index contributed by atoms with van der Waals surface area (Å²) in [5.41, 5.74) is 3.05. The average Bonchev–Trinajstić information content (AvgIpc) is 3.00. The number of rotatable bonds is 5. The molecule has 110 valence electrons. The van der Waals surface area contributed by atoms with Gasteiger partial charge in [0.1, 0.15) is 5.82 Å². The summed E-state index contributed by atoms with van der Waals surface area (Å²) in [6.45, 7) is 2.95. The van der Waals surface area contributed by atoms with Gasteiger partial charge >= 0.3 is 0 Å². The number of fused-ring (bicyclic) bond motifs is 1. The molecule has 0 saturated carbocycles. The van der Waals surface area contributed by atoms with Crippen LogP contribution in [0.5, 0.6) is 0 Å². The number of aliphatic hydroxyl groups excluding tert-OH is 1. The van der Waals surface area contributed by atoms with Crippen molar-refractivity contribution >= 4 is 22.8 Å². The molecule has 0 aliphatic heterocycles. The molecule has 2 aromatic heterocycles. The molecule has 0 amide bonds. The van der Waals surface area contributed by atoms with E-state index in [0.29, 0.717) is 0 Å². The number of nitrogens with zero attached hydrogens (tertiary/aromatic N) is 4. The lowest BCUT2D eigenvalue weighted by Crippen LogP contribution is -2.04. The predicted octanol–water partition coefficient (Wildman–Crippen LogP) is 2.36. The third kappa shape index (κ3) is 2.69. The first-order valence-electron chi connectivity index (χ1n) is 6.87. The summed E-state index contributed by atoms with van der Waals surface area (Å²) in [5, 5.41) is 10.1. The summed E-state index contributed by atoms with van der Waals surface area (Å²) in [5.74, 6) is 1.95. The minimum Gasteiger partial charge on any atom is -0.390 e. The summed E-state index contributed by atoms with van der Waals surface area (Å²) >= 11 is 1.69. The fourth-order valence-corrected chi connectivity index (χ4v) is 3.31. The van der Waals surface area contributed by atoms with Crippen molar-refractivity contribution in [1.82, 2.24) is 19.1 Å². The van der Waals surface area contributed by atoms with Crippen LogP contribution in [-0.2, 0) is 20.2 Å². The van der Waals surface area contributed by atoms with Gasteiger partial charge < -0.3 is 14.2 Å². The van der Waals surface area contributed by atoms with Crippen LogP contribution < -0.4 is 0 Å². The standard InChI is InChI=1S/C15H18N4OS/c1-11-17-13-5-3-4-6-14(13)19(11)7-8-21-15-16-9-12(10-20)18(15)2/h3-6,9,20H,7-8,10H2,1-2H3. The van der Waals surface area contributed by atoms with E-state index < -0.39 is 0 Å². The Labute approximate surface area is 127 Å². The van der Waals surface area contributed by atoms with E-state index in [0.717, 1.165) is 34.5 Å². The number of aryl methyl sites for hydroxylation is 2. The van der Waals surface area contributed by atoms with Gasteiger partial charge in [-0.25, -0.2) is 9.97 Å². The van der Waals surface area contributed by atoms with Crippen molar-refractivity contribution in [3.05, 3.63) is 42.0 Å². The highest BCUT2D eigenvalue weighted by molar-refractivity contribution is 7.99. The van der Waals surface area contributed by atoms with Crippen LogP contribution in [0.2, 0.25) is 0 Å². The summed E-state index contributed by atoms with van der Waals surface area (Å²) in [6, 6.07) is 8.19. The second-order valence-electron chi connectivity index (χ2n) is 4.90. The maximum atomic E-state index is 9.18. The smallest absolute Gasteiger partial charge is 0.168 e. The lowest BCUT2D eigenvalue weighted by Gasteiger charge is -2.07. The van der Waals surface area contributed by atoms with Crippen LogP contribution in [0.3, 0.4) is 0 Å². The van der Waals surface area contributed by atoms with Crippen molar-refractivity contribution in [2.75, 3.05) is 5.75 Å². The fourth-order valence-electron chi connectivity index (χ4n) is 2.41. The Morgan fingerprint density at radius 1 is 1.29 bits per heavy atom. The number of aromatic nitrogens is 4. The second kappa shape index (κ2) is 5.91. The van der Waals surface area contributed by atoms with Gasteiger partial charge in [0.2, 0.25) is 0 Å². The maximum absolute atomic E-state index is 9.18. The van der Waals surface area contributed by atoms with Crippen LogP contribution in [0.1, 0.15) is 11.5 Å². The molecule has 0 fully saturated rings. The first kappa shape index (κ1) is 14.2. The van der Waals surface area contributed by atoms with Crippen molar-refractivity contribution in [1.29, 1.82) is 0 Å². The van der Waals surface area contributed by atoms with Crippen molar-refractivity contribution in [3.8, 4) is 0 Å². The van der Waals surface area contributed by atoms with Gasteiger partial charge in [-0.2, -0.15) is 0 Å². The fraction of sp³-hybridized carbons (Fsp3) is 0.333. The number of imidazole rings is 2. The van der Waals surface area contributed by atoms with E-state index in [4.69, 9.17) is 0 Å². The first-order chi connectivity index (χ1) is 10.2. The van der Waals surface area contributed by atoms with Crippen LogP contribution in [0.4, 0.5) is 0 Å². The van der Waals surface area contributed by atoms with Gasteiger partial charge in [-0.3, -0.25) is 0 Å². The molecule has 3 aromatic rings. The molecule has 6 heteroatoms. The van der Waals surface area contributed by atoms with Crippen LogP contribution in [0.15, 0.2) is 35.6 Å². The zero-order chi connectivity index (χ0) is 14.8. The molecule has 0 atom stereocenters. The Morgan fingerprint density at radius 2 is 2.10 bits per heavy atom. The molecule has 0 spiro atoms. The molecule has 0 radical (unpaired) electrons. The molecule has 1 N–H and O–H groups in total. The van der Waals surface area contributed by atoms with Crippen LogP contribution in [0.25, 0.3) is 11.0 Å². The number of hydrogen-bond acceptors (Lipinski definition) is 4. The summed E-state index contributed by atoms with van der Waals surface area (Å²) < 4.78 is 4.17. The van der Waals surface area contributed by atoms with Crippen LogP contribution in [0, 0.1) is 6.92 Å². The Kier molecular flexibility index (Phi) is 3.98. The highest BCUT2D eigenvalue weighted by Crippen LogP contribution is 2.20. The van der Waals surface area contributed by atoms with E-state index in [9.17, 15) is 5.11 Å². The van der Waals surface area contributed by atoms with Gasteiger partial charge in [-0.05, 0) is 19.1 Å². The second-order valence-corrected chi connectivity index (χ2v) is 5.96. The highest BCUT2D eigenvalue weighted by Gasteiger charge is 2.09. The zero-order valence-electron chi connectivity index (χ0n) is 12.2. The maximum Gasteiger partial charge on any atom is 0.168 e. The lowest BCUT2D eigenvalue weighted by atomic mass is 10.3. The molecule has 0 aliphatic rings. The number of hydrogen-bond donors (Lipinski definition) is 1. The zero-order valence-corrected chi connectivity index (χ0v) is 13.0. The SMILES string of the molecule is Cc1nc2ccccc2n1CCSc1ncc(CO)n1C. The van der Waals surface area contributed by atoms with Crippen molar-refractivity contribution < 1.29 is 5.11 Å². The van der Waals surface area contributed by atoms with Gasteiger partial charge in [-0.15, -0.1) is 0 Å². The van der Waals surface area contributed by atoms with Crippen molar-refractivity contribution in [3.63, 3.8) is 0 Å². The Morgan fingerprint density at radius 3 is 2.86 bits per heavy atom. The van der Waals surface area contributed by atoms with Gasteiger partial charge in [0.25, 0.3) is 0 Å². The Bertz CT molecular complexity index is 762. The van der Waals surface area contributed by atoms with Crippen molar-refractivity contribution in [2.45, 2.75) is 25.2 Å². The van der Waals surface area contributed by atoms with E-state index in [1.807, 2.05) is 36.7 Å². The quantitative estimate of drug-likeness (QED) is 0.735. The minimum atomic E-state index is 0.0231. The van der Waals surface area contributed by atoms with Gasteiger partial charge in [0.05, 0.1) is 29.5 Å². The third-order valence-electron chi connectivity index (χ3n) is 3.60. The Hall–Kier alpha value is -1.79. The van der Waals surface area contributed by atoms with Gasteiger partial charge in [0, 0.05) is 19.3 Å². The number of para-hydroxylation sites is 2. The topological polar surface area (TPSA) is 55.9 Å². The van der Waals surface area contributed by atoms with E-state index in [2.05, 4.69) is 20.6 Å². The summed E-state index contributed by atoms with van der Waals surface area (Å²) in [7, 11) is 1.93.